The van der Waals surface area contributed by atoms with Gasteiger partial charge in [0.05, 0.1) is 18.0 Å². The summed E-state index contributed by atoms with van der Waals surface area (Å²) in [7, 11) is 0. The number of halogens is 1. The molecule has 0 saturated heterocycles. The Kier molecular flexibility index (Phi) is 3.94. The molecule has 1 aromatic carbocycles. The van der Waals surface area contributed by atoms with Gasteiger partial charge in [0.1, 0.15) is 5.76 Å². The van der Waals surface area contributed by atoms with E-state index < -0.39 is 0 Å². The van der Waals surface area contributed by atoms with Crippen LogP contribution in [0.2, 0.25) is 0 Å². The van der Waals surface area contributed by atoms with Crippen LogP contribution in [-0.4, -0.2) is 12.1 Å². The molecule has 0 atom stereocenters. The molecule has 0 unspecified atom stereocenters. The van der Waals surface area contributed by atoms with Crippen LogP contribution in [0.4, 0.5) is 0 Å². The second-order valence-electron chi connectivity index (χ2n) is 3.64. The maximum atomic E-state index is 11.7. The molecule has 1 aromatic heterocycles. The number of hydrogen-bond donors (Lipinski definition) is 1. The van der Waals surface area contributed by atoms with Gasteiger partial charge < -0.3 is 4.42 Å². The maximum absolute atomic E-state index is 11.7. The first kappa shape index (κ1) is 12.6. The molecule has 1 heterocycles. The molecule has 18 heavy (non-hydrogen) atoms. The Morgan fingerprint density at radius 3 is 2.67 bits per heavy atom. The normalized spacial score (nSPS) is 10.8. The van der Waals surface area contributed by atoms with Crippen molar-refractivity contribution in [1.82, 2.24) is 5.43 Å². The summed E-state index contributed by atoms with van der Waals surface area (Å²) in [6.45, 7) is 1.73. The summed E-state index contributed by atoms with van der Waals surface area (Å²) < 4.78 is 6.04. The Labute approximate surface area is 113 Å². The zero-order chi connectivity index (χ0) is 13.0. The maximum Gasteiger partial charge on any atom is 0.274 e. The van der Waals surface area contributed by atoms with E-state index in [-0.39, 0.29) is 5.91 Å². The lowest BCUT2D eigenvalue weighted by Gasteiger charge is -1.97. The van der Waals surface area contributed by atoms with Gasteiger partial charge in [-0.15, -0.1) is 0 Å². The van der Waals surface area contributed by atoms with Crippen molar-refractivity contribution in [1.29, 1.82) is 0 Å². The van der Waals surface area contributed by atoms with E-state index in [1.807, 2.05) is 24.3 Å². The van der Waals surface area contributed by atoms with E-state index in [0.29, 0.717) is 11.3 Å². The first-order valence-corrected chi connectivity index (χ1v) is 6.09. The van der Waals surface area contributed by atoms with E-state index in [1.54, 1.807) is 19.2 Å². The monoisotopic (exact) mass is 306 g/mol. The predicted molar refractivity (Wildman–Crippen MR) is 72.6 cm³/mol. The zero-order valence-corrected chi connectivity index (χ0v) is 11.3. The van der Waals surface area contributed by atoms with Gasteiger partial charge in [0, 0.05) is 4.47 Å². The first-order chi connectivity index (χ1) is 8.66. The number of aryl methyl sites for hydroxylation is 1. The van der Waals surface area contributed by atoms with Gasteiger partial charge in [0.2, 0.25) is 0 Å². The van der Waals surface area contributed by atoms with Gasteiger partial charge in [0.15, 0.2) is 0 Å². The third-order valence-corrected chi connectivity index (χ3v) is 2.88. The first-order valence-electron chi connectivity index (χ1n) is 5.30. The Bertz CT molecular complexity index is 573. The molecule has 0 aliphatic heterocycles. The fourth-order valence-electron chi connectivity index (χ4n) is 1.40. The molecular formula is C13H11BrN2O2. The molecular weight excluding hydrogens is 296 g/mol. The van der Waals surface area contributed by atoms with Crippen LogP contribution in [0, 0.1) is 6.92 Å². The fourth-order valence-corrected chi connectivity index (χ4v) is 1.66. The minimum Gasteiger partial charge on any atom is -0.469 e. The molecule has 5 heteroatoms. The van der Waals surface area contributed by atoms with Gasteiger partial charge >= 0.3 is 0 Å². The van der Waals surface area contributed by atoms with E-state index in [1.165, 1.54) is 6.26 Å². The van der Waals surface area contributed by atoms with Crippen molar-refractivity contribution in [2.75, 3.05) is 0 Å². The number of hydrazone groups is 1. The number of carbonyl (C=O) groups excluding carboxylic acids is 1. The van der Waals surface area contributed by atoms with Gasteiger partial charge in [-0.05, 0) is 30.7 Å². The van der Waals surface area contributed by atoms with E-state index >= 15 is 0 Å². The van der Waals surface area contributed by atoms with Crippen LogP contribution in [0.15, 0.2) is 50.6 Å². The highest BCUT2D eigenvalue weighted by Crippen LogP contribution is 2.09. The van der Waals surface area contributed by atoms with Crippen molar-refractivity contribution in [3.05, 3.63) is 58.0 Å². The quantitative estimate of drug-likeness (QED) is 0.699. The highest BCUT2D eigenvalue weighted by molar-refractivity contribution is 9.10. The van der Waals surface area contributed by atoms with Crippen LogP contribution in [0.3, 0.4) is 0 Å². The topological polar surface area (TPSA) is 54.6 Å². The van der Waals surface area contributed by atoms with Crippen molar-refractivity contribution in [3.8, 4) is 0 Å². The number of hydrogen-bond acceptors (Lipinski definition) is 3. The van der Waals surface area contributed by atoms with Gasteiger partial charge in [-0.25, -0.2) is 5.43 Å². The van der Waals surface area contributed by atoms with Crippen LogP contribution < -0.4 is 5.43 Å². The summed E-state index contributed by atoms with van der Waals surface area (Å²) >= 11 is 3.35. The average molecular weight is 307 g/mol. The lowest BCUT2D eigenvalue weighted by Crippen LogP contribution is -2.17. The van der Waals surface area contributed by atoms with Crippen LogP contribution in [0.1, 0.15) is 21.7 Å². The van der Waals surface area contributed by atoms with Crippen LogP contribution >= 0.6 is 15.9 Å². The number of benzene rings is 1. The molecule has 2 aromatic rings. The summed E-state index contributed by atoms with van der Waals surface area (Å²) in [6, 6.07) is 9.21. The summed E-state index contributed by atoms with van der Waals surface area (Å²) in [4.78, 5) is 11.7. The van der Waals surface area contributed by atoms with Crippen molar-refractivity contribution < 1.29 is 9.21 Å². The highest BCUT2D eigenvalue weighted by Gasteiger charge is 2.09. The SMILES string of the molecule is Cc1occc1C(=O)N/N=C\c1ccc(Br)cc1. The third kappa shape index (κ3) is 3.07. The fraction of sp³-hybridized carbons (Fsp3) is 0.0769. The second kappa shape index (κ2) is 5.64. The van der Waals surface area contributed by atoms with E-state index in [0.717, 1.165) is 10.0 Å². The molecule has 0 fully saturated rings. The standard InChI is InChI=1S/C13H11BrN2O2/c1-9-12(6-7-18-9)13(17)16-15-8-10-2-4-11(14)5-3-10/h2-8H,1H3,(H,16,17)/b15-8-. The van der Waals surface area contributed by atoms with Crippen LogP contribution in [0.5, 0.6) is 0 Å². The number of nitrogens with one attached hydrogen (secondary N) is 1. The van der Waals surface area contributed by atoms with Crippen molar-refractivity contribution in [3.63, 3.8) is 0 Å². The molecule has 4 nitrogen and oxygen atoms in total. The van der Waals surface area contributed by atoms with Crippen molar-refractivity contribution in [2.45, 2.75) is 6.92 Å². The molecule has 0 radical (unpaired) electrons. The smallest absolute Gasteiger partial charge is 0.274 e. The summed E-state index contributed by atoms with van der Waals surface area (Å²) in [5, 5.41) is 3.89. The summed E-state index contributed by atoms with van der Waals surface area (Å²) in [5.74, 6) is 0.293. The Morgan fingerprint density at radius 1 is 1.33 bits per heavy atom. The zero-order valence-electron chi connectivity index (χ0n) is 9.68. The molecule has 0 bridgehead atoms. The van der Waals surface area contributed by atoms with Gasteiger partial charge in [-0.2, -0.15) is 5.10 Å². The number of rotatable bonds is 3. The van der Waals surface area contributed by atoms with Crippen molar-refractivity contribution in [2.24, 2.45) is 5.10 Å². The average Bonchev–Trinajstić information content (AvgIpc) is 2.78. The number of amides is 1. The molecule has 2 rings (SSSR count). The minimum absolute atomic E-state index is 0.283. The molecule has 0 aliphatic rings. The second-order valence-corrected chi connectivity index (χ2v) is 4.56. The third-order valence-electron chi connectivity index (χ3n) is 2.35. The largest absolute Gasteiger partial charge is 0.469 e. The summed E-state index contributed by atoms with van der Waals surface area (Å²) in [5.41, 5.74) is 3.84. The van der Waals surface area contributed by atoms with Crippen LogP contribution in [-0.2, 0) is 0 Å². The van der Waals surface area contributed by atoms with Crippen LogP contribution in [0.25, 0.3) is 0 Å². The number of nitrogens with zero attached hydrogens (tertiary/aromatic N) is 1. The van der Waals surface area contributed by atoms with E-state index in [2.05, 4.69) is 26.5 Å². The number of carbonyl (C=O) groups is 1. The highest BCUT2D eigenvalue weighted by atomic mass is 79.9. The lowest BCUT2D eigenvalue weighted by molar-refractivity contribution is 0.0953. The molecule has 0 aliphatic carbocycles. The number of furan rings is 1. The van der Waals surface area contributed by atoms with E-state index in [4.69, 9.17) is 4.42 Å². The van der Waals surface area contributed by atoms with Gasteiger partial charge in [0.25, 0.3) is 5.91 Å². The molecule has 0 saturated carbocycles. The van der Waals surface area contributed by atoms with Gasteiger partial charge in [-0.3, -0.25) is 4.79 Å². The van der Waals surface area contributed by atoms with E-state index in [9.17, 15) is 4.79 Å². The Balaban J connectivity index is 1.98. The molecule has 0 spiro atoms. The minimum atomic E-state index is -0.283. The predicted octanol–water partition coefficient (Wildman–Crippen LogP) is 3.11. The van der Waals surface area contributed by atoms with Crippen molar-refractivity contribution >= 4 is 28.1 Å². The molecule has 1 N–H and O–H groups in total. The molecule has 1 amide bonds. The van der Waals surface area contributed by atoms with Gasteiger partial charge in [-0.1, -0.05) is 28.1 Å². The molecule has 92 valence electrons. The Morgan fingerprint density at radius 2 is 2.06 bits per heavy atom. The summed E-state index contributed by atoms with van der Waals surface area (Å²) in [6.07, 6.45) is 3.06. The lowest BCUT2D eigenvalue weighted by atomic mass is 10.2. The Hall–Kier alpha value is -1.88.